The largest absolute Gasteiger partial charge is 0.506 e. The molecule has 7 rings (SSSR count). The number of nitrogens with one attached hydrogen (secondary N) is 4. The second-order valence-corrected chi connectivity index (χ2v) is 16.5. The molecule has 1 atom stereocenters. The number of fused-ring (bicyclic) bond motifs is 2. The van der Waals surface area contributed by atoms with Gasteiger partial charge in [-0.1, -0.05) is 36.1 Å². The van der Waals surface area contributed by atoms with Crippen LogP contribution in [0.5, 0.6) is 11.5 Å². The number of hydrogen-bond acceptors (Lipinski definition) is 10. The first-order chi connectivity index (χ1) is 29.8. The van der Waals surface area contributed by atoms with Crippen molar-refractivity contribution < 1.29 is 33.0 Å². The number of anilines is 3. The molecule has 0 fully saturated rings. The molecule has 0 radical (unpaired) electrons. The number of hydrogen-bond donors (Lipinski definition) is 7. The first-order valence-corrected chi connectivity index (χ1v) is 21.1. The lowest BCUT2D eigenvalue weighted by molar-refractivity contribution is 0.0998. The van der Waals surface area contributed by atoms with E-state index in [1.807, 2.05) is 0 Å². The van der Waals surface area contributed by atoms with Crippen LogP contribution in [0.1, 0.15) is 56.4 Å². The van der Waals surface area contributed by atoms with Gasteiger partial charge < -0.3 is 41.6 Å². The number of unbranched alkanes of at least 4 members (excludes halogenated alkanes) is 1. The molecular weight excluding hydrogens is 807 g/mol. The average Bonchev–Trinajstić information content (AvgIpc) is 3.27. The number of phenols is 1. The van der Waals surface area contributed by atoms with Gasteiger partial charge in [0.15, 0.2) is 0 Å². The Hall–Kier alpha value is -7.44. The van der Waals surface area contributed by atoms with Crippen molar-refractivity contribution in [3.8, 4) is 23.3 Å². The van der Waals surface area contributed by atoms with Gasteiger partial charge in [0.05, 0.1) is 39.8 Å². The molecule has 7 aromatic rings. The highest BCUT2D eigenvalue weighted by Crippen LogP contribution is 2.36. The highest BCUT2D eigenvalue weighted by atomic mass is 32.2. The first-order valence-electron chi connectivity index (χ1n) is 19.6. The van der Waals surface area contributed by atoms with E-state index in [1.165, 1.54) is 49.6 Å². The summed E-state index contributed by atoms with van der Waals surface area (Å²) in [6.45, 7) is 2.66. The van der Waals surface area contributed by atoms with E-state index in [2.05, 4.69) is 32.8 Å². The summed E-state index contributed by atoms with van der Waals surface area (Å²) in [6, 6.07) is 32.2. The van der Waals surface area contributed by atoms with Gasteiger partial charge in [-0.05, 0) is 121 Å². The third kappa shape index (κ3) is 9.46. The van der Waals surface area contributed by atoms with Gasteiger partial charge in [0, 0.05) is 58.4 Å². The maximum Gasteiger partial charge on any atom is 0.255 e. The lowest BCUT2D eigenvalue weighted by atomic mass is 9.99. The minimum absolute atomic E-state index is 0.0260. The van der Waals surface area contributed by atoms with Crippen LogP contribution in [0, 0.1) is 18.8 Å². The molecule has 0 aliphatic heterocycles. The molecule has 8 N–H and O–H groups in total. The monoisotopic (exact) mass is 849 g/mol. The molecule has 0 aliphatic carbocycles. The number of amides is 2. The van der Waals surface area contributed by atoms with E-state index in [9.17, 15) is 33.0 Å². The van der Waals surface area contributed by atoms with Crippen LogP contribution < -0.4 is 32.0 Å². The van der Waals surface area contributed by atoms with Crippen LogP contribution in [0.15, 0.2) is 136 Å². The second-order valence-electron chi connectivity index (χ2n) is 14.5. The number of nitrogens with two attached hydrogens (primary N) is 1. The molecule has 0 aliphatic rings. The number of carbonyl (C=O) groups excluding carboxylic acids is 2. The van der Waals surface area contributed by atoms with Crippen LogP contribution in [0.3, 0.4) is 0 Å². The molecule has 1 heterocycles. The number of benzene rings is 6. The Labute approximate surface area is 357 Å². The smallest absolute Gasteiger partial charge is 0.255 e. The van der Waals surface area contributed by atoms with Gasteiger partial charge in [-0.3, -0.25) is 14.4 Å². The lowest BCUT2D eigenvalue weighted by Gasteiger charge is -2.17. The first kappa shape index (κ1) is 42.7. The summed E-state index contributed by atoms with van der Waals surface area (Å²) in [5, 5.41) is 31.9. The van der Waals surface area contributed by atoms with Gasteiger partial charge in [-0.25, -0.2) is 8.42 Å². The number of aliphatic hydroxyl groups excluding tert-OH is 1. The number of aromatic amines is 1. The van der Waals surface area contributed by atoms with Gasteiger partial charge in [0.2, 0.25) is 15.4 Å². The van der Waals surface area contributed by atoms with Crippen molar-refractivity contribution in [2.45, 2.75) is 35.7 Å². The van der Waals surface area contributed by atoms with Crippen LogP contribution in [-0.2, 0) is 9.84 Å². The summed E-state index contributed by atoms with van der Waals surface area (Å²) in [7, 11) is -2.62. The van der Waals surface area contributed by atoms with Crippen LogP contribution in [-0.4, -0.2) is 55.6 Å². The van der Waals surface area contributed by atoms with E-state index in [1.54, 1.807) is 85.8 Å². The Balaban J connectivity index is 0.977. The zero-order valence-corrected chi connectivity index (χ0v) is 34.6. The van der Waals surface area contributed by atoms with Crippen molar-refractivity contribution >= 4 is 60.4 Å². The van der Waals surface area contributed by atoms with E-state index in [-0.39, 0.29) is 44.3 Å². The minimum atomic E-state index is -4.15. The molecule has 13 nitrogen and oxygen atoms in total. The van der Waals surface area contributed by atoms with Crippen molar-refractivity contribution in [3.63, 3.8) is 0 Å². The molecule has 6 aromatic carbocycles. The molecule has 1 aromatic heterocycles. The Morgan fingerprint density at radius 1 is 0.855 bits per heavy atom. The van der Waals surface area contributed by atoms with Crippen molar-refractivity contribution in [1.82, 2.24) is 10.3 Å². The fourth-order valence-electron chi connectivity index (χ4n) is 7.07. The molecule has 0 bridgehead atoms. The predicted octanol–water partition coefficient (Wildman–Crippen LogP) is 7.09. The number of pyridine rings is 1. The van der Waals surface area contributed by atoms with Crippen LogP contribution >= 0.6 is 0 Å². The van der Waals surface area contributed by atoms with Crippen molar-refractivity contribution in [1.29, 1.82) is 0 Å². The number of aryl methyl sites for hydroxylation is 1. The van der Waals surface area contributed by atoms with Gasteiger partial charge in [-0.15, -0.1) is 0 Å². The number of ether oxygens (including phenoxy) is 1. The number of primary amides is 1. The van der Waals surface area contributed by atoms with Gasteiger partial charge >= 0.3 is 0 Å². The number of phenolic OH excluding ortho intramolecular Hbond substituents is 1. The van der Waals surface area contributed by atoms with E-state index in [0.29, 0.717) is 63.1 Å². The number of aromatic nitrogens is 1. The third-order valence-corrected chi connectivity index (χ3v) is 12.0. The third-order valence-electron chi connectivity index (χ3n) is 10.3. The quantitative estimate of drug-likeness (QED) is 0.0436. The summed E-state index contributed by atoms with van der Waals surface area (Å²) >= 11 is 0. The number of aliphatic hydroxyl groups is 1. The van der Waals surface area contributed by atoms with E-state index in [0.717, 1.165) is 12.0 Å². The number of H-pyrrole nitrogens is 1. The zero-order valence-electron chi connectivity index (χ0n) is 33.8. The fraction of sp³-hybridized carbons (Fsp3) is 0.146. The van der Waals surface area contributed by atoms with Crippen molar-refractivity contribution in [2.75, 3.05) is 30.8 Å². The molecule has 0 saturated heterocycles. The summed E-state index contributed by atoms with van der Waals surface area (Å²) in [6.07, 6.45) is 0.472. The number of sulfone groups is 1. The second kappa shape index (κ2) is 18.4. The SMILES string of the molecule is COc1cccc(Nc2c(C(N)=O)ccc3c(C)cc(S(=O)(=O)c4cccc(C(=O)Nc5ccc(C#CCCCNC[C@@H](O)c6ccc(O)c7[nH]c(=O)ccc67)cc5)c4)cc23)c1. The topological polar surface area (TPSA) is 213 Å². The summed E-state index contributed by atoms with van der Waals surface area (Å²) in [5.41, 5.74) is 9.45. The van der Waals surface area contributed by atoms with Crippen LogP contribution in [0.2, 0.25) is 0 Å². The molecule has 314 valence electrons. The molecule has 0 spiro atoms. The maximum atomic E-state index is 14.2. The highest BCUT2D eigenvalue weighted by Gasteiger charge is 2.23. The molecule has 62 heavy (non-hydrogen) atoms. The maximum absolute atomic E-state index is 14.2. The number of carbonyl (C=O) groups is 2. The van der Waals surface area contributed by atoms with E-state index >= 15 is 0 Å². The van der Waals surface area contributed by atoms with Crippen molar-refractivity contribution in [3.05, 3.63) is 159 Å². The molecule has 0 unspecified atom stereocenters. The predicted molar refractivity (Wildman–Crippen MR) is 240 cm³/mol. The standard InChI is InChI=1S/C48H43N5O8S/c1-29-24-36(27-41-37(29)17-18-40(47(49)57)45(41)51-33-10-7-11-34(26-33)61-2)62(59,60)35-12-6-9-31(25-35)48(58)52-32-15-13-30(14-16-32)8-4-3-5-23-50-28-43(55)38-19-21-42(54)46-39(38)20-22-44(56)53-46/h6-7,9-22,24-27,43,50-51,54-55H,3,5,23,28H2,1-2H3,(H2,49,57)(H,52,58)(H,53,56)/t43-/m1/s1. The van der Waals surface area contributed by atoms with Crippen LogP contribution in [0.4, 0.5) is 17.1 Å². The van der Waals surface area contributed by atoms with Crippen LogP contribution in [0.25, 0.3) is 21.7 Å². The summed E-state index contributed by atoms with van der Waals surface area (Å²) in [4.78, 5) is 40.1. The lowest BCUT2D eigenvalue weighted by Crippen LogP contribution is -2.22. The van der Waals surface area contributed by atoms with Gasteiger partial charge in [0.1, 0.15) is 11.5 Å². The highest BCUT2D eigenvalue weighted by molar-refractivity contribution is 7.91. The molecule has 0 saturated carbocycles. The zero-order chi connectivity index (χ0) is 44.0. The Bertz CT molecular complexity index is 3080. The minimum Gasteiger partial charge on any atom is -0.506 e. The Morgan fingerprint density at radius 2 is 1.63 bits per heavy atom. The van der Waals surface area contributed by atoms with Crippen molar-refractivity contribution in [2.24, 2.45) is 5.73 Å². The Morgan fingerprint density at radius 3 is 2.40 bits per heavy atom. The molecule has 14 heteroatoms. The van der Waals surface area contributed by atoms with E-state index < -0.39 is 27.8 Å². The number of aromatic hydroxyl groups is 1. The average molecular weight is 850 g/mol. The summed E-state index contributed by atoms with van der Waals surface area (Å²) in [5.74, 6) is 5.56. The number of rotatable bonds is 14. The van der Waals surface area contributed by atoms with E-state index in [4.69, 9.17) is 10.5 Å². The van der Waals surface area contributed by atoms with Gasteiger partial charge in [0.25, 0.3) is 11.8 Å². The molecule has 2 amide bonds. The fourth-order valence-corrected chi connectivity index (χ4v) is 8.49. The molecular formula is C48H43N5O8S. The van der Waals surface area contributed by atoms with Gasteiger partial charge in [-0.2, -0.15) is 0 Å². The Kier molecular flexibility index (Phi) is 12.7. The normalized spacial score (nSPS) is 11.7. The number of methoxy groups -OCH3 is 1. The summed E-state index contributed by atoms with van der Waals surface area (Å²) < 4.78 is 33.7.